The molecule has 0 aliphatic heterocycles. The lowest BCUT2D eigenvalue weighted by Gasteiger charge is -2.23. The van der Waals surface area contributed by atoms with E-state index < -0.39 is 286 Å². The third kappa shape index (κ3) is 7.71. The van der Waals surface area contributed by atoms with Gasteiger partial charge in [-0.25, -0.2) is 15.0 Å². The van der Waals surface area contributed by atoms with Gasteiger partial charge in [-0.3, -0.25) is 0 Å². The summed E-state index contributed by atoms with van der Waals surface area (Å²) in [5, 5.41) is 277. The van der Waals surface area contributed by atoms with Crippen LogP contribution in [0.25, 0.3) is 98.8 Å². The molecule has 0 atom stereocenters. The van der Waals surface area contributed by atoms with Crippen LogP contribution in [0.4, 0.5) is 0 Å². The van der Waals surface area contributed by atoms with E-state index in [1.165, 1.54) is 0 Å². The molecule has 28 nitrogen and oxygen atoms in total. The second-order valence-corrected chi connectivity index (χ2v) is 20.0. The zero-order chi connectivity index (χ0) is 65.3. The number of aromatic nitrogens is 3. The summed E-state index contributed by atoms with van der Waals surface area (Å²) in [6.45, 7) is 0. The van der Waals surface area contributed by atoms with Crippen molar-refractivity contribution in [1.29, 1.82) is 0 Å². The lowest BCUT2D eigenvalue weighted by atomic mass is 9.73. The van der Waals surface area contributed by atoms with Crippen molar-refractivity contribution in [1.82, 2.24) is 15.0 Å². The van der Waals surface area contributed by atoms with E-state index >= 15 is 0 Å². The first-order chi connectivity index (χ1) is 41.0. The van der Waals surface area contributed by atoms with Crippen molar-refractivity contribution in [3.8, 4) is 222 Å². The number of phenolic OH excluding ortho intramolecular Hbond substituents is 25. The van der Waals surface area contributed by atoms with Crippen molar-refractivity contribution >= 4 is 138 Å². The van der Waals surface area contributed by atoms with E-state index in [9.17, 15) is 128 Å². The maximum atomic E-state index is 12.6. The molecule has 88 heavy (non-hydrogen) atoms. The molecule has 0 aliphatic rings. The van der Waals surface area contributed by atoms with E-state index in [-0.39, 0.29) is 11.3 Å². The van der Waals surface area contributed by atoms with Crippen LogP contribution in [0.3, 0.4) is 0 Å². The van der Waals surface area contributed by atoms with Crippen molar-refractivity contribution in [2.45, 2.75) is 0 Å². The summed E-state index contributed by atoms with van der Waals surface area (Å²) in [6.07, 6.45) is 0. The smallest absolute Gasteiger partial charge is 0.208 e. The molecule has 2 aromatic heterocycles. The van der Waals surface area contributed by atoms with E-state index in [4.69, 9.17) is 62.8 Å². The Morgan fingerprint density at radius 2 is 0.375 bits per heavy atom. The number of aromatic hydroxyl groups is 25. The van der Waals surface area contributed by atoms with Crippen molar-refractivity contribution in [2.75, 3.05) is 0 Å². The Morgan fingerprint density at radius 1 is 0.170 bits per heavy atom. The van der Waals surface area contributed by atoms with Crippen LogP contribution < -0.4 is 43.7 Å². The summed E-state index contributed by atoms with van der Waals surface area (Å²) in [5.41, 5.74) is -20.5. The molecule has 0 bridgehead atoms. The van der Waals surface area contributed by atoms with Crippen molar-refractivity contribution in [3.63, 3.8) is 0 Å². The summed E-state index contributed by atoms with van der Waals surface area (Å²) in [5.74, 6) is -39.2. The first-order valence-electron chi connectivity index (χ1n) is 23.6. The molecule has 0 spiro atoms. The maximum absolute atomic E-state index is 12.6. The molecule has 37 heteroatoms. The Hall–Kier alpha value is -11.5. The monoisotopic (exact) mass is 1200 g/mol. The maximum Gasteiger partial charge on any atom is 0.208 e. The van der Waals surface area contributed by atoms with Gasteiger partial charge in [0.15, 0.2) is 92.2 Å². The van der Waals surface area contributed by atoms with E-state index in [0.29, 0.717) is 0 Å². The van der Waals surface area contributed by atoms with Gasteiger partial charge < -0.3 is 128 Å². The van der Waals surface area contributed by atoms with Crippen LogP contribution in [0.5, 0.6) is 144 Å². The average Bonchev–Trinajstić information content (AvgIpc) is 1.48. The van der Waals surface area contributed by atoms with Gasteiger partial charge in [0.2, 0.25) is 34.5 Å². The molecule has 424 valence electrons. The number of rotatable bonds is 7. The SMILES string of the molecule is [B]c1c(O)c(O)c([B])c(-c2c(O)c(O)c(O)c3c2sc2c(-c4c(O)c(O)c([B])c(-c5nc(-c6c([B])c(O)c(-c7c([B])c(O)c(O)c(O)c7O)c([B])c6O)nc(-c6c([B])c(O)c(-c7c(O)c(O)c(O)c(O)c7O)c(O)c6O)n5)c4O)c([B])c(O)c(O)c23)c1O. The molecule has 0 unspecified atom stereocenters. The third-order valence-corrected chi connectivity index (χ3v) is 15.5. The normalized spacial score (nSPS) is 11.5. The molecule has 8 aromatic carbocycles. The van der Waals surface area contributed by atoms with Crippen LogP contribution in [0.15, 0.2) is 0 Å². The quantitative estimate of drug-likeness (QED) is 0.0427. The molecule has 25 N–H and O–H groups in total. The zero-order valence-electron chi connectivity index (χ0n) is 43.0. The second-order valence-electron chi connectivity index (χ2n) is 19.0. The van der Waals surface area contributed by atoms with Crippen LogP contribution in [0.1, 0.15) is 0 Å². The molecule has 0 amide bonds. The lowest BCUT2D eigenvalue weighted by Crippen LogP contribution is -2.23. The third-order valence-electron chi connectivity index (χ3n) is 14.3. The number of benzene rings is 8. The standard InChI is InChI=1S/C51H25B8N3O25S/c52-14-1(2-15(53)39(80)45(86)42(83)27(2)68)23(64)18(56)12(26(14)67)50-60-49(61-51(62-50)13-19(57)25(66)6(28(69)35(13)76)7-30(71)43(84)46(87)44(85)31(7)72)11-20(58)37(78)29(70)5(22(11)63)4-17(55)36(77)32(73)9-10-34(75)41(82)33(74)8(48(10)88-47(4)9)3-16(54)38(79)40(81)21(59)24(3)65/h63-87H. The molecular weight excluding hydrogens is 1170 g/mol. The van der Waals surface area contributed by atoms with Gasteiger partial charge in [-0.1, -0.05) is 0 Å². The minimum atomic E-state index is -1.66. The highest BCUT2D eigenvalue weighted by Gasteiger charge is 2.38. The summed E-state index contributed by atoms with van der Waals surface area (Å²) < 4.78 is -1.23. The van der Waals surface area contributed by atoms with Crippen LogP contribution in [-0.2, 0) is 0 Å². The van der Waals surface area contributed by atoms with E-state index in [0.717, 1.165) is 0 Å². The Balaban J connectivity index is 1.34. The van der Waals surface area contributed by atoms with Crippen molar-refractivity contribution in [2.24, 2.45) is 0 Å². The van der Waals surface area contributed by atoms with Gasteiger partial charge >= 0.3 is 0 Å². The number of hydrogen-bond donors (Lipinski definition) is 25. The van der Waals surface area contributed by atoms with Gasteiger partial charge in [-0.2, -0.15) is 0 Å². The van der Waals surface area contributed by atoms with Gasteiger partial charge in [0.25, 0.3) is 0 Å². The minimum absolute atomic E-state index is 0.248. The summed E-state index contributed by atoms with van der Waals surface area (Å²) >= 11 is 0.248. The molecule has 2 heterocycles. The predicted octanol–water partition coefficient (Wildman–Crippen LogP) is -3.10. The molecule has 10 aromatic rings. The fourth-order valence-corrected chi connectivity index (χ4v) is 11.3. The Labute approximate surface area is 501 Å². The lowest BCUT2D eigenvalue weighted by molar-refractivity contribution is 0.329. The van der Waals surface area contributed by atoms with E-state index in [2.05, 4.69) is 15.0 Å². The first kappa shape index (κ1) is 59.7. The Kier molecular flexibility index (Phi) is 13.4. The number of fused-ring (bicyclic) bond motifs is 3. The van der Waals surface area contributed by atoms with Gasteiger partial charge in [-0.15, -0.1) is 11.3 Å². The molecule has 0 saturated heterocycles. The van der Waals surface area contributed by atoms with Gasteiger partial charge in [-0.05, 0) is 43.7 Å². The number of nitrogens with zero attached hydrogens (tertiary/aromatic N) is 3. The molecule has 0 saturated carbocycles. The van der Waals surface area contributed by atoms with Crippen LogP contribution in [0, 0.1) is 0 Å². The van der Waals surface area contributed by atoms with Crippen LogP contribution >= 0.6 is 11.3 Å². The fraction of sp³-hybridized carbons (Fsp3) is 0. The van der Waals surface area contributed by atoms with Crippen molar-refractivity contribution in [3.05, 3.63) is 0 Å². The van der Waals surface area contributed by atoms with Gasteiger partial charge in [0.05, 0.1) is 48.9 Å². The van der Waals surface area contributed by atoms with Crippen LogP contribution in [0.2, 0.25) is 0 Å². The molecule has 0 aliphatic carbocycles. The molecule has 16 radical (unpaired) electrons. The topological polar surface area (TPSA) is 544 Å². The molecule has 10 rings (SSSR count). The summed E-state index contributed by atoms with van der Waals surface area (Å²) in [6, 6.07) is 0. The highest BCUT2D eigenvalue weighted by atomic mass is 32.1. The largest absolute Gasteiger partial charge is 0.508 e. The Bertz CT molecular complexity index is 4630. The summed E-state index contributed by atoms with van der Waals surface area (Å²) in [7, 11) is 49.6. The van der Waals surface area contributed by atoms with E-state index in [1.807, 2.05) is 0 Å². The van der Waals surface area contributed by atoms with Gasteiger partial charge in [0.1, 0.15) is 97.3 Å². The number of hydrogen-bond acceptors (Lipinski definition) is 29. The number of thiophene rings is 1. The average molecular weight is 1200 g/mol. The highest BCUT2D eigenvalue weighted by Crippen LogP contribution is 2.62. The van der Waals surface area contributed by atoms with Crippen LogP contribution in [-0.4, -0.2) is 205 Å². The Morgan fingerprint density at radius 3 is 0.886 bits per heavy atom. The zero-order valence-corrected chi connectivity index (χ0v) is 43.9. The van der Waals surface area contributed by atoms with Crippen molar-refractivity contribution < 1.29 is 128 Å². The number of phenols is 25. The summed E-state index contributed by atoms with van der Waals surface area (Å²) in [4.78, 5) is 12.4. The molecular formula is C51H25B8N3O25S. The predicted molar refractivity (Wildman–Crippen MR) is 315 cm³/mol. The first-order valence-corrected chi connectivity index (χ1v) is 24.5. The minimum Gasteiger partial charge on any atom is -0.508 e. The second kappa shape index (κ2) is 19.8. The molecule has 0 fully saturated rings. The van der Waals surface area contributed by atoms with E-state index in [1.54, 1.807) is 0 Å². The van der Waals surface area contributed by atoms with Gasteiger partial charge in [0, 0.05) is 32.5 Å². The fourth-order valence-electron chi connectivity index (χ4n) is 9.89. The highest BCUT2D eigenvalue weighted by molar-refractivity contribution is 7.27.